The number of nitrogens with zero attached hydrogens (tertiary/aromatic N) is 1. The van der Waals surface area contributed by atoms with Crippen LogP contribution in [-0.4, -0.2) is 54.7 Å². The first-order chi connectivity index (χ1) is 13.1. The zero-order valence-electron chi connectivity index (χ0n) is 16.3. The Morgan fingerprint density at radius 3 is 2.75 bits per heavy atom. The lowest BCUT2D eigenvalue weighted by atomic mass is 9.89. The van der Waals surface area contributed by atoms with Crippen LogP contribution in [0.4, 0.5) is 0 Å². The zero-order valence-corrected chi connectivity index (χ0v) is 17.1. The summed E-state index contributed by atoms with van der Waals surface area (Å²) in [5.41, 5.74) is 1.12. The SMILES string of the molecule is Cl.O=C(O)COc1cccc(C2CCCN(C(=O)CCC3CCNCC3)C2)c1. The molecule has 1 aromatic rings. The standard InChI is InChI=1S/C21H30N2O4.ClH/c24-20(7-6-16-8-10-22-11-9-16)23-12-2-4-18(14-23)17-3-1-5-19(13-17)27-15-21(25)26;/h1,3,5,13,16,18,22H,2,4,6-12,14-15H2,(H,25,26);1H. The number of carbonyl (C=O) groups excluding carboxylic acids is 1. The van der Waals surface area contributed by atoms with Crippen molar-refractivity contribution in [2.24, 2.45) is 5.92 Å². The highest BCUT2D eigenvalue weighted by atomic mass is 35.5. The molecule has 156 valence electrons. The molecule has 2 heterocycles. The fraction of sp³-hybridized carbons (Fsp3) is 0.619. The number of rotatable bonds is 7. The quantitative estimate of drug-likeness (QED) is 0.722. The Morgan fingerprint density at radius 2 is 2.00 bits per heavy atom. The van der Waals surface area contributed by atoms with Crippen molar-refractivity contribution >= 4 is 24.3 Å². The fourth-order valence-corrected chi connectivity index (χ4v) is 4.14. The van der Waals surface area contributed by atoms with Crippen molar-refractivity contribution in [2.75, 3.05) is 32.8 Å². The van der Waals surface area contributed by atoms with E-state index in [-0.39, 0.29) is 30.8 Å². The molecule has 1 atom stereocenters. The van der Waals surface area contributed by atoms with Gasteiger partial charge in [-0.1, -0.05) is 12.1 Å². The average molecular weight is 411 g/mol. The van der Waals surface area contributed by atoms with Gasteiger partial charge in [-0.3, -0.25) is 4.79 Å². The number of amides is 1. The molecule has 3 rings (SSSR count). The molecule has 2 aliphatic rings. The van der Waals surface area contributed by atoms with Gasteiger partial charge in [-0.25, -0.2) is 4.79 Å². The first-order valence-electron chi connectivity index (χ1n) is 10.0. The molecular weight excluding hydrogens is 380 g/mol. The van der Waals surface area contributed by atoms with E-state index < -0.39 is 5.97 Å². The highest BCUT2D eigenvalue weighted by molar-refractivity contribution is 5.85. The van der Waals surface area contributed by atoms with Crippen LogP contribution in [0, 0.1) is 5.92 Å². The summed E-state index contributed by atoms with van der Waals surface area (Å²) in [5.74, 6) is 0.832. The van der Waals surface area contributed by atoms with Crippen LogP contribution < -0.4 is 10.1 Å². The summed E-state index contributed by atoms with van der Waals surface area (Å²) in [6, 6.07) is 7.62. The van der Waals surface area contributed by atoms with Gasteiger partial charge in [0.1, 0.15) is 5.75 Å². The molecule has 2 N–H and O–H groups in total. The van der Waals surface area contributed by atoms with Gasteiger partial charge in [0, 0.05) is 25.4 Å². The van der Waals surface area contributed by atoms with Gasteiger partial charge in [0.2, 0.25) is 5.91 Å². The molecule has 1 aromatic carbocycles. The summed E-state index contributed by atoms with van der Waals surface area (Å²) in [5, 5.41) is 12.1. The third kappa shape index (κ3) is 6.67. The molecule has 6 nitrogen and oxygen atoms in total. The van der Waals surface area contributed by atoms with Crippen LogP contribution in [0.1, 0.15) is 50.0 Å². The smallest absolute Gasteiger partial charge is 0.341 e. The number of benzene rings is 1. The van der Waals surface area contributed by atoms with E-state index in [4.69, 9.17) is 9.84 Å². The van der Waals surface area contributed by atoms with Crippen molar-refractivity contribution < 1.29 is 19.4 Å². The maximum Gasteiger partial charge on any atom is 0.341 e. The van der Waals surface area contributed by atoms with Crippen molar-refractivity contribution in [3.8, 4) is 5.75 Å². The molecule has 7 heteroatoms. The van der Waals surface area contributed by atoms with Crippen LogP contribution >= 0.6 is 12.4 Å². The zero-order chi connectivity index (χ0) is 19.1. The second kappa shape index (κ2) is 11.3. The van der Waals surface area contributed by atoms with E-state index >= 15 is 0 Å². The van der Waals surface area contributed by atoms with E-state index in [0.717, 1.165) is 51.0 Å². The second-order valence-electron chi connectivity index (χ2n) is 7.67. The third-order valence-electron chi connectivity index (χ3n) is 5.69. The molecule has 2 fully saturated rings. The molecular formula is C21H31ClN2O4. The highest BCUT2D eigenvalue weighted by Gasteiger charge is 2.25. The number of carboxylic acids is 1. The summed E-state index contributed by atoms with van der Waals surface area (Å²) in [6.07, 6.45) is 6.06. The lowest BCUT2D eigenvalue weighted by molar-refractivity contribution is -0.139. The minimum atomic E-state index is -0.983. The van der Waals surface area contributed by atoms with Crippen molar-refractivity contribution in [2.45, 2.75) is 44.4 Å². The number of piperidine rings is 2. The molecule has 2 aliphatic heterocycles. The molecule has 0 aliphatic carbocycles. The highest BCUT2D eigenvalue weighted by Crippen LogP contribution is 2.30. The van der Waals surface area contributed by atoms with Crippen LogP contribution in [-0.2, 0) is 9.59 Å². The first-order valence-corrected chi connectivity index (χ1v) is 10.0. The lowest BCUT2D eigenvalue weighted by Crippen LogP contribution is -2.39. The van der Waals surface area contributed by atoms with E-state index in [0.29, 0.717) is 18.1 Å². The summed E-state index contributed by atoms with van der Waals surface area (Å²) in [6.45, 7) is 3.40. The van der Waals surface area contributed by atoms with Crippen molar-refractivity contribution in [3.05, 3.63) is 29.8 Å². The molecule has 0 radical (unpaired) electrons. The molecule has 0 bridgehead atoms. The molecule has 0 aromatic heterocycles. The normalized spacial score (nSPS) is 20.3. The molecule has 28 heavy (non-hydrogen) atoms. The number of nitrogens with one attached hydrogen (secondary N) is 1. The van der Waals surface area contributed by atoms with Crippen molar-refractivity contribution in [1.29, 1.82) is 0 Å². The Morgan fingerprint density at radius 1 is 1.21 bits per heavy atom. The van der Waals surface area contributed by atoms with Crippen molar-refractivity contribution in [1.82, 2.24) is 10.2 Å². The average Bonchev–Trinajstić information content (AvgIpc) is 2.71. The molecule has 2 saturated heterocycles. The Kier molecular flexibility index (Phi) is 9.06. The summed E-state index contributed by atoms with van der Waals surface area (Å²) in [4.78, 5) is 25.4. The lowest BCUT2D eigenvalue weighted by Gasteiger charge is -2.34. The third-order valence-corrected chi connectivity index (χ3v) is 5.69. The van der Waals surface area contributed by atoms with Gasteiger partial charge in [-0.15, -0.1) is 12.4 Å². The molecule has 1 unspecified atom stereocenters. The largest absolute Gasteiger partial charge is 0.482 e. The predicted molar refractivity (Wildman–Crippen MR) is 110 cm³/mol. The molecule has 0 spiro atoms. The second-order valence-corrected chi connectivity index (χ2v) is 7.67. The van der Waals surface area contributed by atoms with Gasteiger partial charge in [0.25, 0.3) is 0 Å². The maximum atomic E-state index is 12.7. The summed E-state index contributed by atoms with van der Waals surface area (Å²) >= 11 is 0. The molecule has 0 saturated carbocycles. The van der Waals surface area contributed by atoms with E-state index in [1.54, 1.807) is 6.07 Å². The van der Waals surface area contributed by atoms with Crippen LogP contribution in [0.2, 0.25) is 0 Å². The van der Waals surface area contributed by atoms with Gasteiger partial charge in [0.05, 0.1) is 0 Å². The minimum absolute atomic E-state index is 0. The predicted octanol–water partition coefficient (Wildman–Crippen LogP) is 3.06. The number of hydrogen-bond donors (Lipinski definition) is 2. The number of halogens is 1. The van der Waals surface area contributed by atoms with Gasteiger partial charge in [0.15, 0.2) is 6.61 Å². The van der Waals surface area contributed by atoms with Crippen LogP contribution in [0.15, 0.2) is 24.3 Å². The number of aliphatic carboxylic acids is 1. The number of carboxylic acid groups (broad SMARTS) is 1. The van der Waals surface area contributed by atoms with E-state index in [1.807, 2.05) is 23.1 Å². The van der Waals surface area contributed by atoms with Crippen LogP contribution in [0.25, 0.3) is 0 Å². The van der Waals surface area contributed by atoms with Gasteiger partial charge >= 0.3 is 5.97 Å². The van der Waals surface area contributed by atoms with E-state index in [2.05, 4.69) is 5.32 Å². The maximum absolute atomic E-state index is 12.7. The van der Waals surface area contributed by atoms with E-state index in [9.17, 15) is 9.59 Å². The minimum Gasteiger partial charge on any atom is -0.482 e. The monoisotopic (exact) mass is 410 g/mol. The Hall–Kier alpha value is -1.79. The summed E-state index contributed by atoms with van der Waals surface area (Å²) < 4.78 is 5.29. The summed E-state index contributed by atoms with van der Waals surface area (Å²) in [7, 11) is 0. The number of ether oxygens (including phenoxy) is 1. The van der Waals surface area contributed by atoms with Crippen LogP contribution in [0.3, 0.4) is 0 Å². The topological polar surface area (TPSA) is 78.9 Å². The van der Waals surface area contributed by atoms with Gasteiger partial charge < -0.3 is 20.1 Å². The number of likely N-dealkylation sites (tertiary alicyclic amines) is 1. The Labute approximate surface area is 173 Å². The Bertz CT molecular complexity index is 649. The number of hydrogen-bond acceptors (Lipinski definition) is 4. The van der Waals surface area contributed by atoms with Crippen molar-refractivity contribution in [3.63, 3.8) is 0 Å². The van der Waals surface area contributed by atoms with E-state index in [1.165, 1.54) is 12.8 Å². The molecule has 1 amide bonds. The Balaban J connectivity index is 0.00000280. The first kappa shape index (κ1) is 22.5. The van der Waals surface area contributed by atoms with Crippen LogP contribution in [0.5, 0.6) is 5.75 Å². The van der Waals surface area contributed by atoms with Gasteiger partial charge in [-0.05, 0) is 68.8 Å². The number of carbonyl (C=O) groups is 2. The fourth-order valence-electron chi connectivity index (χ4n) is 4.14. The van der Waals surface area contributed by atoms with Gasteiger partial charge in [-0.2, -0.15) is 0 Å².